The highest BCUT2D eigenvalue weighted by Crippen LogP contribution is 2.47. The molecule has 0 aliphatic heterocycles. The van der Waals surface area contributed by atoms with Crippen LogP contribution in [0.3, 0.4) is 0 Å². The van der Waals surface area contributed by atoms with Crippen LogP contribution in [0.5, 0.6) is 0 Å². The average Bonchev–Trinajstić information content (AvgIpc) is 2.20. The zero-order chi connectivity index (χ0) is 11.7. The summed E-state index contributed by atoms with van der Waals surface area (Å²) in [6.07, 6.45) is 0.482. The van der Waals surface area contributed by atoms with Crippen molar-refractivity contribution in [1.29, 1.82) is 0 Å². The van der Waals surface area contributed by atoms with Gasteiger partial charge in [0, 0.05) is 6.54 Å². The molecule has 0 radical (unpaired) electrons. The van der Waals surface area contributed by atoms with Crippen LogP contribution in [0, 0.1) is 0 Å². The molecule has 0 atom stereocenters. The van der Waals surface area contributed by atoms with Crippen LogP contribution in [0.2, 0.25) is 0 Å². The molecule has 0 heterocycles. The van der Waals surface area contributed by atoms with Gasteiger partial charge in [-0.25, -0.2) is 0 Å². The molecular formula is C10H24NO3P. The number of rotatable bonds is 9. The van der Waals surface area contributed by atoms with E-state index in [0.717, 1.165) is 19.6 Å². The SMILES string of the molecule is CCOP(=O)(CCN(CC)CC)OCC. The second-order valence-electron chi connectivity index (χ2n) is 3.20. The Morgan fingerprint density at radius 2 is 1.47 bits per heavy atom. The summed E-state index contributed by atoms with van der Waals surface area (Å²) in [7, 11) is -2.84. The van der Waals surface area contributed by atoms with Crippen LogP contribution in [-0.4, -0.2) is 43.9 Å². The van der Waals surface area contributed by atoms with E-state index in [1.807, 2.05) is 13.8 Å². The lowest BCUT2D eigenvalue weighted by Crippen LogP contribution is -2.26. The summed E-state index contributed by atoms with van der Waals surface area (Å²) in [6, 6.07) is 0. The topological polar surface area (TPSA) is 38.8 Å². The standard InChI is InChI=1S/C10H24NO3P/c1-5-11(6-2)9-10-15(12,13-7-3)14-8-4/h5-10H2,1-4H3. The number of hydrogen-bond acceptors (Lipinski definition) is 4. The minimum absolute atomic E-state index is 0.440. The predicted molar refractivity (Wildman–Crippen MR) is 63.5 cm³/mol. The van der Waals surface area contributed by atoms with Gasteiger partial charge in [-0.1, -0.05) is 13.8 Å². The lowest BCUT2D eigenvalue weighted by molar-refractivity contribution is 0.214. The van der Waals surface area contributed by atoms with Gasteiger partial charge < -0.3 is 13.9 Å². The zero-order valence-corrected chi connectivity index (χ0v) is 11.3. The highest BCUT2D eigenvalue weighted by molar-refractivity contribution is 7.53. The molecule has 0 aromatic heterocycles. The molecule has 0 bridgehead atoms. The second-order valence-corrected chi connectivity index (χ2v) is 5.38. The Morgan fingerprint density at radius 3 is 1.80 bits per heavy atom. The van der Waals surface area contributed by atoms with Crippen molar-refractivity contribution in [3.05, 3.63) is 0 Å². The molecule has 0 spiro atoms. The highest BCUT2D eigenvalue weighted by atomic mass is 31.2. The van der Waals surface area contributed by atoms with E-state index in [-0.39, 0.29) is 0 Å². The van der Waals surface area contributed by atoms with Crippen molar-refractivity contribution in [1.82, 2.24) is 4.90 Å². The van der Waals surface area contributed by atoms with E-state index in [9.17, 15) is 4.57 Å². The van der Waals surface area contributed by atoms with E-state index >= 15 is 0 Å². The fraction of sp³-hybridized carbons (Fsp3) is 1.00. The van der Waals surface area contributed by atoms with Gasteiger partial charge in [0.2, 0.25) is 0 Å². The summed E-state index contributed by atoms with van der Waals surface area (Å²) < 4.78 is 22.5. The molecule has 15 heavy (non-hydrogen) atoms. The molecule has 4 nitrogen and oxygen atoms in total. The van der Waals surface area contributed by atoms with Gasteiger partial charge in [-0.3, -0.25) is 4.57 Å². The lowest BCUT2D eigenvalue weighted by atomic mass is 10.5. The van der Waals surface area contributed by atoms with Crippen molar-refractivity contribution in [2.24, 2.45) is 0 Å². The van der Waals surface area contributed by atoms with Gasteiger partial charge in [0.15, 0.2) is 0 Å². The molecule has 0 fully saturated rings. The molecule has 0 unspecified atom stereocenters. The second kappa shape index (κ2) is 8.28. The van der Waals surface area contributed by atoms with E-state index in [1.54, 1.807) is 0 Å². The van der Waals surface area contributed by atoms with E-state index in [4.69, 9.17) is 9.05 Å². The first-order valence-corrected chi connectivity index (χ1v) is 7.45. The van der Waals surface area contributed by atoms with Gasteiger partial charge in [0.05, 0.1) is 19.4 Å². The maximum Gasteiger partial charge on any atom is 0.331 e. The molecular weight excluding hydrogens is 213 g/mol. The van der Waals surface area contributed by atoms with E-state index < -0.39 is 7.60 Å². The summed E-state index contributed by atoms with van der Waals surface area (Å²) in [5.74, 6) is 0. The quantitative estimate of drug-likeness (QED) is 0.578. The Labute approximate surface area is 93.5 Å². The molecule has 0 aliphatic carbocycles. The van der Waals surface area contributed by atoms with E-state index in [2.05, 4.69) is 18.7 Å². The summed E-state index contributed by atoms with van der Waals surface area (Å²) in [6.45, 7) is 11.4. The Kier molecular flexibility index (Phi) is 8.34. The molecule has 0 aromatic rings. The fourth-order valence-corrected chi connectivity index (χ4v) is 3.01. The maximum absolute atomic E-state index is 12.1. The summed E-state index contributed by atoms with van der Waals surface area (Å²) >= 11 is 0. The van der Waals surface area contributed by atoms with Gasteiger partial charge in [-0.05, 0) is 26.9 Å². The molecule has 0 rings (SSSR count). The first-order chi connectivity index (χ1) is 7.11. The first kappa shape index (κ1) is 15.1. The third kappa shape index (κ3) is 6.31. The van der Waals surface area contributed by atoms with Crippen LogP contribution in [0.15, 0.2) is 0 Å². The summed E-state index contributed by atoms with van der Waals surface area (Å²) in [5, 5.41) is 0. The Hall–Kier alpha value is 0.110. The predicted octanol–water partition coefficient (Wildman–Crippen LogP) is 2.59. The molecule has 0 saturated heterocycles. The molecule has 0 saturated carbocycles. The van der Waals surface area contributed by atoms with Crippen molar-refractivity contribution in [2.45, 2.75) is 27.7 Å². The van der Waals surface area contributed by atoms with Crippen molar-refractivity contribution in [3.63, 3.8) is 0 Å². The van der Waals surface area contributed by atoms with Crippen LogP contribution >= 0.6 is 7.60 Å². The van der Waals surface area contributed by atoms with Crippen LogP contribution in [0.1, 0.15) is 27.7 Å². The van der Waals surface area contributed by atoms with Crippen molar-refractivity contribution >= 4 is 7.60 Å². The van der Waals surface area contributed by atoms with Gasteiger partial charge in [-0.2, -0.15) is 0 Å². The number of nitrogens with zero attached hydrogens (tertiary/aromatic N) is 1. The fourth-order valence-electron chi connectivity index (χ4n) is 1.36. The first-order valence-electron chi connectivity index (χ1n) is 5.72. The molecule has 0 aromatic carbocycles. The van der Waals surface area contributed by atoms with Crippen LogP contribution in [-0.2, 0) is 13.6 Å². The lowest BCUT2D eigenvalue weighted by Gasteiger charge is -2.22. The smallest absolute Gasteiger partial charge is 0.309 e. The normalized spacial score (nSPS) is 12.3. The van der Waals surface area contributed by atoms with Crippen molar-refractivity contribution in [3.8, 4) is 0 Å². The molecule has 0 aliphatic rings. The van der Waals surface area contributed by atoms with Crippen LogP contribution in [0.25, 0.3) is 0 Å². The van der Waals surface area contributed by atoms with Gasteiger partial charge in [0.1, 0.15) is 0 Å². The highest BCUT2D eigenvalue weighted by Gasteiger charge is 2.23. The van der Waals surface area contributed by atoms with Gasteiger partial charge in [-0.15, -0.1) is 0 Å². The summed E-state index contributed by atoms with van der Waals surface area (Å²) in [5.41, 5.74) is 0. The summed E-state index contributed by atoms with van der Waals surface area (Å²) in [4.78, 5) is 2.21. The minimum Gasteiger partial charge on any atom is -0.309 e. The Bertz CT molecular complexity index is 185. The van der Waals surface area contributed by atoms with Crippen molar-refractivity contribution in [2.75, 3.05) is 39.0 Å². The molecule has 0 N–H and O–H groups in total. The third-order valence-electron chi connectivity index (χ3n) is 2.24. The maximum atomic E-state index is 12.1. The minimum atomic E-state index is -2.84. The monoisotopic (exact) mass is 237 g/mol. The average molecular weight is 237 g/mol. The zero-order valence-electron chi connectivity index (χ0n) is 10.4. The van der Waals surface area contributed by atoms with E-state index in [1.165, 1.54) is 0 Å². The van der Waals surface area contributed by atoms with Gasteiger partial charge in [0.25, 0.3) is 0 Å². The number of hydrogen-bond donors (Lipinski definition) is 0. The van der Waals surface area contributed by atoms with Crippen molar-refractivity contribution < 1.29 is 13.6 Å². The van der Waals surface area contributed by atoms with Crippen LogP contribution < -0.4 is 0 Å². The van der Waals surface area contributed by atoms with Gasteiger partial charge >= 0.3 is 7.60 Å². The van der Waals surface area contributed by atoms with Crippen LogP contribution in [0.4, 0.5) is 0 Å². The third-order valence-corrected chi connectivity index (χ3v) is 4.29. The molecule has 92 valence electrons. The Balaban J connectivity index is 4.10. The molecule has 5 heteroatoms. The molecule has 0 amide bonds. The Morgan fingerprint density at radius 1 is 1.00 bits per heavy atom. The van der Waals surface area contributed by atoms with E-state index in [0.29, 0.717) is 19.4 Å². The largest absolute Gasteiger partial charge is 0.331 e.